The number of carboxylic acids is 1. The van der Waals surface area contributed by atoms with Gasteiger partial charge >= 0.3 is 5.97 Å². The van der Waals surface area contributed by atoms with Gasteiger partial charge in [-0.15, -0.1) is 0 Å². The number of phenols is 1. The Balaban J connectivity index is 1.86. The normalized spacial score (nSPS) is 20.2. The van der Waals surface area contributed by atoms with Gasteiger partial charge < -0.3 is 14.9 Å². The van der Waals surface area contributed by atoms with Gasteiger partial charge in [0.25, 0.3) is 0 Å². The molecule has 144 valence electrons. The lowest BCUT2D eigenvalue weighted by atomic mass is 9.97. The number of carboxylic acid groups (broad SMARTS) is 1. The number of benzene rings is 2. The summed E-state index contributed by atoms with van der Waals surface area (Å²) in [7, 11) is -3.56. The van der Waals surface area contributed by atoms with Crippen LogP contribution < -0.4 is 4.74 Å². The van der Waals surface area contributed by atoms with Gasteiger partial charge in [-0.1, -0.05) is 24.1 Å². The minimum atomic E-state index is -3.56. The standard InChI is InChI=1S/C20H22O6S/c1-13-6-9-15(10-7-13)27(24,25)19-5-3-2-4-18(19)26-14-8-11-16(20(22)23)17(21)12-14/h6-12,18-19,21H,2-5H2,1H3,(H,22,23). The van der Waals surface area contributed by atoms with Crippen LogP contribution in [0.25, 0.3) is 0 Å². The highest BCUT2D eigenvalue weighted by atomic mass is 32.2. The van der Waals surface area contributed by atoms with Crippen LogP contribution in [0.15, 0.2) is 47.4 Å². The van der Waals surface area contributed by atoms with Crippen molar-refractivity contribution >= 4 is 15.8 Å². The summed E-state index contributed by atoms with van der Waals surface area (Å²) in [4.78, 5) is 11.3. The number of ether oxygens (including phenoxy) is 1. The van der Waals surface area contributed by atoms with E-state index >= 15 is 0 Å². The van der Waals surface area contributed by atoms with Gasteiger partial charge in [0.1, 0.15) is 28.4 Å². The Morgan fingerprint density at radius 2 is 1.74 bits per heavy atom. The molecule has 2 atom stereocenters. The molecule has 2 aromatic carbocycles. The van der Waals surface area contributed by atoms with E-state index in [1.807, 2.05) is 6.92 Å². The summed E-state index contributed by atoms with van der Waals surface area (Å²) < 4.78 is 32.1. The first-order valence-electron chi connectivity index (χ1n) is 8.82. The summed E-state index contributed by atoms with van der Waals surface area (Å²) in [6.45, 7) is 1.90. The number of aryl methyl sites for hydroxylation is 1. The van der Waals surface area contributed by atoms with Crippen molar-refractivity contribution in [1.29, 1.82) is 0 Å². The van der Waals surface area contributed by atoms with Gasteiger partial charge in [-0.2, -0.15) is 0 Å². The Morgan fingerprint density at radius 3 is 2.37 bits per heavy atom. The predicted octanol–water partition coefficient (Wildman–Crippen LogP) is 3.56. The first-order valence-corrected chi connectivity index (χ1v) is 10.4. The molecule has 1 saturated carbocycles. The van der Waals surface area contributed by atoms with Crippen molar-refractivity contribution in [2.45, 2.75) is 48.9 Å². The van der Waals surface area contributed by atoms with Gasteiger partial charge in [-0.3, -0.25) is 0 Å². The average Bonchev–Trinajstić information content (AvgIpc) is 2.62. The largest absolute Gasteiger partial charge is 0.507 e. The van der Waals surface area contributed by atoms with Crippen molar-refractivity contribution in [2.75, 3.05) is 0 Å². The molecule has 3 rings (SSSR count). The Kier molecular flexibility index (Phi) is 5.41. The molecule has 0 radical (unpaired) electrons. The summed E-state index contributed by atoms with van der Waals surface area (Å²) in [5.41, 5.74) is 0.759. The zero-order valence-corrected chi connectivity index (χ0v) is 15.8. The van der Waals surface area contributed by atoms with Gasteiger partial charge in [0.2, 0.25) is 0 Å². The molecule has 1 aliphatic carbocycles. The molecule has 2 aromatic rings. The number of sulfone groups is 1. The van der Waals surface area contributed by atoms with E-state index in [9.17, 15) is 18.3 Å². The van der Waals surface area contributed by atoms with Crippen LogP contribution >= 0.6 is 0 Å². The Hall–Kier alpha value is -2.54. The number of hydrogen-bond donors (Lipinski definition) is 2. The second-order valence-corrected chi connectivity index (χ2v) is 8.99. The number of carbonyl (C=O) groups is 1. The lowest BCUT2D eigenvalue weighted by Gasteiger charge is -2.31. The van der Waals surface area contributed by atoms with Crippen LogP contribution in [0.2, 0.25) is 0 Å². The maximum Gasteiger partial charge on any atom is 0.339 e. The van der Waals surface area contributed by atoms with Crippen LogP contribution in [0.4, 0.5) is 0 Å². The minimum Gasteiger partial charge on any atom is -0.507 e. The fraction of sp³-hybridized carbons (Fsp3) is 0.350. The molecule has 6 nitrogen and oxygen atoms in total. The highest BCUT2D eigenvalue weighted by molar-refractivity contribution is 7.92. The molecule has 0 spiro atoms. The summed E-state index contributed by atoms with van der Waals surface area (Å²) in [5.74, 6) is -1.39. The number of hydrogen-bond acceptors (Lipinski definition) is 5. The van der Waals surface area contributed by atoms with E-state index in [0.29, 0.717) is 12.8 Å². The number of rotatable bonds is 5. The lowest BCUT2D eigenvalue weighted by molar-refractivity contribution is 0.0693. The summed E-state index contributed by atoms with van der Waals surface area (Å²) in [6, 6.07) is 10.7. The molecule has 7 heteroatoms. The molecule has 0 aliphatic heterocycles. The monoisotopic (exact) mass is 390 g/mol. The zero-order valence-electron chi connectivity index (χ0n) is 15.0. The van der Waals surface area contributed by atoms with E-state index in [1.165, 1.54) is 18.2 Å². The summed E-state index contributed by atoms with van der Waals surface area (Å²) in [6.07, 6.45) is 2.18. The van der Waals surface area contributed by atoms with Crippen LogP contribution in [0.1, 0.15) is 41.6 Å². The molecule has 0 bridgehead atoms. The SMILES string of the molecule is Cc1ccc(S(=O)(=O)C2CCCCC2Oc2ccc(C(=O)O)c(O)c2)cc1. The number of aromatic hydroxyl groups is 1. The summed E-state index contributed by atoms with van der Waals surface area (Å²) in [5, 5.41) is 18.1. The maximum atomic E-state index is 13.1. The third kappa shape index (κ3) is 4.08. The van der Waals surface area contributed by atoms with Crippen molar-refractivity contribution in [3.8, 4) is 11.5 Å². The molecule has 0 heterocycles. The first-order chi connectivity index (χ1) is 12.8. The van der Waals surface area contributed by atoms with E-state index in [1.54, 1.807) is 24.3 Å². The van der Waals surface area contributed by atoms with Gasteiger partial charge in [0.05, 0.1) is 4.90 Å². The quantitative estimate of drug-likeness (QED) is 0.809. The Labute approximate surface area is 158 Å². The fourth-order valence-electron chi connectivity index (χ4n) is 3.40. The third-order valence-corrected chi connectivity index (χ3v) is 7.14. The minimum absolute atomic E-state index is 0.227. The van der Waals surface area contributed by atoms with Crippen LogP contribution in [0.5, 0.6) is 11.5 Å². The van der Waals surface area contributed by atoms with Crippen LogP contribution in [-0.4, -0.2) is 36.0 Å². The maximum absolute atomic E-state index is 13.1. The van der Waals surface area contributed by atoms with Crippen molar-refractivity contribution < 1.29 is 28.2 Å². The van der Waals surface area contributed by atoms with Crippen LogP contribution in [0.3, 0.4) is 0 Å². The second-order valence-electron chi connectivity index (χ2n) is 6.82. The summed E-state index contributed by atoms with van der Waals surface area (Å²) >= 11 is 0. The van der Waals surface area contributed by atoms with E-state index in [0.717, 1.165) is 18.4 Å². The lowest BCUT2D eigenvalue weighted by Crippen LogP contribution is -2.40. The molecule has 27 heavy (non-hydrogen) atoms. The molecule has 0 aromatic heterocycles. The highest BCUT2D eigenvalue weighted by Crippen LogP contribution is 2.33. The average molecular weight is 390 g/mol. The van der Waals surface area contributed by atoms with Gasteiger partial charge in [0, 0.05) is 6.07 Å². The smallest absolute Gasteiger partial charge is 0.339 e. The third-order valence-electron chi connectivity index (χ3n) is 4.88. The topological polar surface area (TPSA) is 101 Å². The van der Waals surface area contributed by atoms with Crippen LogP contribution in [-0.2, 0) is 9.84 Å². The Morgan fingerprint density at radius 1 is 1.07 bits per heavy atom. The first kappa shape index (κ1) is 19.2. The molecular weight excluding hydrogens is 368 g/mol. The van der Waals surface area contributed by atoms with Crippen molar-refractivity contribution in [3.63, 3.8) is 0 Å². The second kappa shape index (κ2) is 7.60. The molecule has 2 unspecified atom stereocenters. The van der Waals surface area contributed by atoms with E-state index in [2.05, 4.69) is 0 Å². The molecule has 2 N–H and O–H groups in total. The fourth-order valence-corrected chi connectivity index (χ4v) is 5.33. The van der Waals surface area contributed by atoms with Gasteiger partial charge in [-0.05, 0) is 50.5 Å². The molecule has 0 saturated heterocycles. The van der Waals surface area contributed by atoms with E-state index < -0.39 is 32.9 Å². The predicted molar refractivity (Wildman–Crippen MR) is 100 cm³/mol. The number of aromatic carboxylic acids is 1. The van der Waals surface area contributed by atoms with Crippen molar-refractivity contribution in [2.24, 2.45) is 0 Å². The van der Waals surface area contributed by atoms with E-state index in [-0.39, 0.29) is 16.2 Å². The molecule has 1 fully saturated rings. The molecular formula is C20H22O6S. The van der Waals surface area contributed by atoms with Gasteiger partial charge in [0.15, 0.2) is 9.84 Å². The van der Waals surface area contributed by atoms with Crippen molar-refractivity contribution in [1.82, 2.24) is 0 Å². The highest BCUT2D eigenvalue weighted by Gasteiger charge is 2.38. The van der Waals surface area contributed by atoms with Crippen molar-refractivity contribution in [3.05, 3.63) is 53.6 Å². The zero-order chi connectivity index (χ0) is 19.6. The molecule has 1 aliphatic rings. The van der Waals surface area contributed by atoms with E-state index in [4.69, 9.17) is 9.84 Å². The molecule has 0 amide bonds. The van der Waals surface area contributed by atoms with Crippen LogP contribution in [0, 0.1) is 6.92 Å². The Bertz CT molecular complexity index is 933. The van der Waals surface area contributed by atoms with Gasteiger partial charge in [-0.25, -0.2) is 13.2 Å².